The van der Waals surface area contributed by atoms with Gasteiger partial charge in [0.1, 0.15) is 6.10 Å². The smallest absolute Gasteiger partial charge is 0.249 e. The molecular formula is C14H18ClNO3. The third-order valence-electron chi connectivity index (χ3n) is 3.19. The van der Waals surface area contributed by atoms with Gasteiger partial charge >= 0.3 is 0 Å². The van der Waals surface area contributed by atoms with Gasteiger partial charge in [0, 0.05) is 25.3 Å². The van der Waals surface area contributed by atoms with Crippen molar-refractivity contribution in [2.75, 3.05) is 20.3 Å². The van der Waals surface area contributed by atoms with Crippen LogP contribution in [-0.4, -0.2) is 32.3 Å². The first-order valence-corrected chi connectivity index (χ1v) is 6.76. The number of hydrogen-bond donors (Lipinski definition) is 1. The highest BCUT2D eigenvalue weighted by atomic mass is 35.5. The van der Waals surface area contributed by atoms with Crippen LogP contribution >= 0.6 is 11.6 Å². The number of nitrogens with one attached hydrogen (secondary N) is 1. The number of carbonyl (C=O) groups excluding carboxylic acids is 1. The fourth-order valence-electron chi connectivity index (χ4n) is 2.14. The van der Waals surface area contributed by atoms with Crippen LogP contribution in [0.3, 0.4) is 0 Å². The lowest BCUT2D eigenvalue weighted by Gasteiger charge is -2.18. The predicted molar refractivity (Wildman–Crippen MR) is 73.2 cm³/mol. The average Bonchev–Trinajstić information content (AvgIpc) is 2.93. The summed E-state index contributed by atoms with van der Waals surface area (Å²) in [7, 11) is 1.61. The molecule has 2 atom stereocenters. The largest absolute Gasteiger partial charge is 0.375 e. The lowest BCUT2D eigenvalue weighted by molar-refractivity contribution is -0.130. The van der Waals surface area contributed by atoms with E-state index in [0.717, 1.165) is 18.4 Å². The summed E-state index contributed by atoms with van der Waals surface area (Å²) in [5.41, 5.74) is 0.947. The molecule has 1 N–H and O–H groups in total. The number of rotatable bonds is 5. The second-order valence-corrected chi connectivity index (χ2v) is 4.96. The molecule has 1 fully saturated rings. The molecule has 0 spiro atoms. The van der Waals surface area contributed by atoms with Gasteiger partial charge in [-0.1, -0.05) is 23.7 Å². The fourth-order valence-corrected chi connectivity index (χ4v) is 2.33. The maximum absolute atomic E-state index is 11.8. The molecule has 1 saturated heterocycles. The molecule has 4 nitrogen and oxygen atoms in total. The summed E-state index contributed by atoms with van der Waals surface area (Å²) >= 11 is 5.95. The van der Waals surface area contributed by atoms with Crippen molar-refractivity contribution in [3.8, 4) is 0 Å². The van der Waals surface area contributed by atoms with Crippen LogP contribution in [0.25, 0.3) is 0 Å². The molecule has 0 aromatic heterocycles. The molecule has 0 saturated carbocycles. The second kappa shape index (κ2) is 6.89. The van der Waals surface area contributed by atoms with Crippen molar-refractivity contribution in [3.63, 3.8) is 0 Å². The fraction of sp³-hybridized carbons (Fsp3) is 0.500. The lowest BCUT2D eigenvalue weighted by Crippen LogP contribution is -2.37. The summed E-state index contributed by atoms with van der Waals surface area (Å²) in [5, 5.41) is 3.52. The lowest BCUT2D eigenvalue weighted by atomic mass is 10.1. The highest BCUT2D eigenvalue weighted by Gasteiger charge is 2.24. The molecule has 104 valence electrons. The third kappa shape index (κ3) is 3.93. The van der Waals surface area contributed by atoms with Gasteiger partial charge in [0.05, 0.1) is 6.10 Å². The number of carbonyl (C=O) groups is 1. The van der Waals surface area contributed by atoms with Crippen LogP contribution in [0.1, 0.15) is 24.5 Å². The van der Waals surface area contributed by atoms with E-state index < -0.39 is 0 Å². The Hall–Kier alpha value is -1.10. The van der Waals surface area contributed by atoms with Crippen molar-refractivity contribution < 1.29 is 14.3 Å². The normalized spacial score (nSPS) is 20.2. The van der Waals surface area contributed by atoms with Gasteiger partial charge in [0.15, 0.2) is 0 Å². The van der Waals surface area contributed by atoms with Crippen LogP contribution in [0.5, 0.6) is 0 Å². The quantitative estimate of drug-likeness (QED) is 0.902. The van der Waals surface area contributed by atoms with Crippen LogP contribution in [0.15, 0.2) is 24.3 Å². The molecule has 0 unspecified atom stereocenters. The van der Waals surface area contributed by atoms with E-state index in [-0.39, 0.29) is 18.1 Å². The molecule has 0 aliphatic carbocycles. The number of methoxy groups -OCH3 is 1. The Morgan fingerprint density at radius 1 is 1.63 bits per heavy atom. The molecule has 1 aliphatic rings. The summed E-state index contributed by atoms with van der Waals surface area (Å²) in [6.07, 6.45) is 1.22. The predicted octanol–water partition coefficient (Wildman–Crippen LogP) is 2.32. The SMILES string of the molecule is CO[C@@H](CNC(=O)[C@H]1CCCO1)c1cccc(Cl)c1. The minimum absolute atomic E-state index is 0.0680. The highest BCUT2D eigenvalue weighted by molar-refractivity contribution is 6.30. The van der Waals surface area contributed by atoms with E-state index >= 15 is 0 Å². The average molecular weight is 284 g/mol. The molecule has 1 heterocycles. The minimum atomic E-state index is -0.308. The van der Waals surface area contributed by atoms with E-state index in [1.54, 1.807) is 7.11 Å². The molecule has 0 bridgehead atoms. The van der Waals surface area contributed by atoms with Crippen molar-refractivity contribution in [2.24, 2.45) is 0 Å². The van der Waals surface area contributed by atoms with E-state index in [0.29, 0.717) is 18.2 Å². The van der Waals surface area contributed by atoms with Gasteiger partial charge < -0.3 is 14.8 Å². The first-order valence-electron chi connectivity index (χ1n) is 6.38. The highest BCUT2D eigenvalue weighted by Crippen LogP contribution is 2.20. The van der Waals surface area contributed by atoms with Gasteiger partial charge in [0.25, 0.3) is 0 Å². The van der Waals surface area contributed by atoms with E-state index in [2.05, 4.69) is 5.32 Å². The van der Waals surface area contributed by atoms with Gasteiger partial charge in [-0.3, -0.25) is 4.79 Å². The molecular weight excluding hydrogens is 266 g/mol. The maximum atomic E-state index is 11.8. The molecule has 1 aromatic carbocycles. The van der Waals surface area contributed by atoms with Crippen molar-refractivity contribution in [2.45, 2.75) is 25.0 Å². The van der Waals surface area contributed by atoms with Crippen LogP contribution in [0.2, 0.25) is 5.02 Å². The molecule has 19 heavy (non-hydrogen) atoms. The Bertz CT molecular complexity index is 432. The first kappa shape index (κ1) is 14.3. The van der Waals surface area contributed by atoms with E-state index in [1.165, 1.54) is 0 Å². The molecule has 5 heteroatoms. The van der Waals surface area contributed by atoms with Gasteiger partial charge in [-0.15, -0.1) is 0 Å². The first-order chi connectivity index (χ1) is 9.20. The van der Waals surface area contributed by atoms with Crippen molar-refractivity contribution in [1.82, 2.24) is 5.32 Å². The summed E-state index contributed by atoms with van der Waals surface area (Å²) in [6.45, 7) is 1.08. The number of amides is 1. The van der Waals surface area contributed by atoms with E-state index in [9.17, 15) is 4.79 Å². The zero-order valence-electron chi connectivity index (χ0n) is 10.9. The Balaban J connectivity index is 1.90. The molecule has 1 amide bonds. The number of ether oxygens (including phenoxy) is 2. The van der Waals surface area contributed by atoms with Crippen LogP contribution in [-0.2, 0) is 14.3 Å². The number of hydrogen-bond acceptors (Lipinski definition) is 3. The Kier molecular flexibility index (Phi) is 5.19. The molecule has 1 aromatic rings. The van der Waals surface area contributed by atoms with Crippen LogP contribution < -0.4 is 5.32 Å². The van der Waals surface area contributed by atoms with E-state index in [1.807, 2.05) is 24.3 Å². The molecule has 0 radical (unpaired) electrons. The molecule has 1 aliphatic heterocycles. The van der Waals surface area contributed by atoms with Crippen molar-refractivity contribution >= 4 is 17.5 Å². The van der Waals surface area contributed by atoms with E-state index in [4.69, 9.17) is 21.1 Å². The number of halogens is 1. The third-order valence-corrected chi connectivity index (χ3v) is 3.42. The monoisotopic (exact) mass is 283 g/mol. The molecule has 2 rings (SSSR count). The standard InChI is InChI=1S/C14H18ClNO3/c1-18-13(10-4-2-5-11(15)8-10)9-16-14(17)12-6-3-7-19-12/h2,4-5,8,12-13H,3,6-7,9H2,1H3,(H,16,17)/t12-,13+/m1/s1. The van der Waals surface area contributed by atoms with Crippen LogP contribution in [0.4, 0.5) is 0 Å². The van der Waals surface area contributed by atoms with Crippen LogP contribution in [0, 0.1) is 0 Å². The summed E-state index contributed by atoms with van der Waals surface area (Å²) < 4.78 is 10.7. The van der Waals surface area contributed by atoms with Gasteiger partial charge in [0.2, 0.25) is 5.91 Å². The second-order valence-electron chi connectivity index (χ2n) is 4.53. The number of benzene rings is 1. The van der Waals surface area contributed by atoms with Gasteiger partial charge in [-0.05, 0) is 30.5 Å². The Labute approximate surface area is 118 Å². The topological polar surface area (TPSA) is 47.6 Å². The zero-order valence-corrected chi connectivity index (χ0v) is 11.7. The minimum Gasteiger partial charge on any atom is -0.375 e. The van der Waals surface area contributed by atoms with Gasteiger partial charge in [-0.2, -0.15) is 0 Å². The summed E-state index contributed by atoms with van der Waals surface area (Å²) in [4.78, 5) is 11.8. The van der Waals surface area contributed by atoms with Gasteiger partial charge in [-0.25, -0.2) is 0 Å². The Morgan fingerprint density at radius 3 is 3.11 bits per heavy atom. The maximum Gasteiger partial charge on any atom is 0.249 e. The zero-order chi connectivity index (χ0) is 13.7. The Morgan fingerprint density at radius 2 is 2.47 bits per heavy atom. The summed E-state index contributed by atoms with van der Waals surface area (Å²) in [5.74, 6) is -0.0680. The van der Waals surface area contributed by atoms with Crippen molar-refractivity contribution in [1.29, 1.82) is 0 Å². The summed E-state index contributed by atoms with van der Waals surface area (Å²) in [6, 6.07) is 7.44. The van der Waals surface area contributed by atoms with Crippen molar-refractivity contribution in [3.05, 3.63) is 34.9 Å².